The van der Waals surface area contributed by atoms with E-state index in [1.807, 2.05) is 12.1 Å². The van der Waals surface area contributed by atoms with Crippen LogP contribution in [0.25, 0.3) is 0 Å². The minimum atomic E-state index is -4.35. The predicted molar refractivity (Wildman–Crippen MR) is 132 cm³/mol. The first-order valence-electron chi connectivity index (χ1n) is 10.4. The van der Waals surface area contributed by atoms with Crippen molar-refractivity contribution in [2.45, 2.75) is 32.1 Å². The predicted octanol–water partition coefficient (Wildman–Crippen LogP) is 3.29. The standard InChI is InChI=1S/C22H27F3N6O.HI/c1-27-21(29-13-15-4-6-18(7-5-15)22(23,24)25)30-14-17-3-2-10-28-20(17)31-11-8-16(9-12-31)19(26)32;/h2-7,10,16H,8-9,11-14H2,1H3,(H2,26,32)(H2,27,29,30);1H. The highest BCUT2D eigenvalue weighted by atomic mass is 127. The number of nitrogens with one attached hydrogen (secondary N) is 2. The lowest BCUT2D eigenvalue weighted by Crippen LogP contribution is -2.40. The second kappa shape index (κ2) is 12.1. The molecular weight excluding hydrogens is 548 g/mol. The van der Waals surface area contributed by atoms with Crippen LogP contribution in [0.5, 0.6) is 0 Å². The minimum absolute atomic E-state index is 0. The Hall–Kier alpha value is -2.57. The van der Waals surface area contributed by atoms with Crippen LogP contribution < -0.4 is 21.3 Å². The van der Waals surface area contributed by atoms with Gasteiger partial charge in [0.25, 0.3) is 0 Å². The first-order chi connectivity index (χ1) is 15.3. The van der Waals surface area contributed by atoms with E-state index in [1.54, 1.807) is 13.2 Å². The number of carbonyl (C=O) groups excluding carboxylic acids is 1. The number of aromatic nitrogens is 1. The molecule has 3 rings (SSSR count). The molecule has 1 aromatic carbocycles. The van der Waals surface area contributed by atoms with Crippen LogP contribution >= 0.6 is 24.0 Å². The maximum Gasteiger partial charge on any atom is 0.416 e. The van der Waals surface area contributed by atoms with Crippen LogP contribution in [0.2, 0.25) is 0 Å². The lowest BCUT2D eigenvalue weighted by atomic mass is 9.96. The summed E-state index contributed by atoms with van der Waals surface area (Å²) in [6, 6.07) is 8.84. The van der Waals surface area contributed by atoms with Crippen molar-refractivity contribution in [3.8, 4) is 0 Å². The van der Waals surface area contributed by atoms with Crippen LogP contribution in [0.1, 0.15) is 29.5 Å². The van der Waals surface area contributed by atoms with E-state index in [0.717, 1.165) is 23.5 Å². The smallest absolute Gasteiger partial charge is 0.369 e. The number of nitrogens with two attached hydrogens (primary N) is 1. The number of alkyl halides is 3. The first kappa shape index (κ1) is 26.7. The Labute approximate surface area is 208 Å². The molecule has 2 aromatic rings. The number of aliphatic imine (C=N–C) groups is 1. The molecule has 1 aliphatic heterocycles. The van der Waals surface area contributed by atoms with Crippen molar-refractivity contribution in [3.05, 3.63) is 59.3 Å². The van der Waals surface area contributed by atoms with Gasteiger partial charge in [-0.2, -0.15) is 13.2 Å². The molecule has 1 amide bonds. The molecule has 0 atom stereocenters. The highest BCUT2D eigenvalue weighted by Crippen LogP contribution is 2.29. The zero-order valence-corrected chi connectivity index (χ0v) is 20.6. The number of amides is 1. The number of hydrogen-bond donors (Lipinski definition) is 3. The van der Waals surface area contributed by atoms with Gasteiger partial charge < -0.3 is 21.3 Å². The Balaban J connectivity index is 0.00000385. The largest absolute Gasteiger partial charge is 0.416 e. The van der Waals surface area contributed by atoms with Crippen molar-refractivity contribution in [2.75, 3.05) is 25.0 Å². The molecule has 2 heterocycles. The molecule has 0 spiro atoms. The fourth-order valence-electron chi connectivity index (χ4n) is 3.63. The number of anilines is 1. The molecular formula is C22H28F3IN6O. The molecule has 11 heteroatoms. The number of rotatable bonds is 6. The lowest BCUT2D eigenvalue weighted by molar-refractivity contribution is -0.137. The molecule has 1 saturated heterocycles. The van der Waals surface area contributed by atoms with Crippen molar-refractivity contribution in [2.24, 2.45) is 16.6 Å². The number of nitrogens with zero attached hydrogens (tertiary/aromatic N) is 3. The van der Waals surface area contributed by atoms with E-state index in [9.17, 15) is 18.0 Å². The van der Waals surface area contributed by atoms with Gasteiger partial charge in [-0.05, 0) is 36.6 Å². The molecule has 0 radical (unpaired) electrons. The summed E-state index contributed by atoms with van der Waals surface area (Å²) in [5.41, 5.74) is 6.43. The van der Waals surface area contributed by atoms with Crippen LogP contribution in [0.3, 0.4) is 0 Å². The number of carbonyl (C=O) groups is 1. The highest BCUT2D eigenvalue weighted by Gasteiger charge is 2.30. The van der Waals surface area contributed by atoms with Gasteiger partial charge in [-0.3, -0.25) is 9.79 Å². The monoisotopic (exact) mass is 576 g/mol. The zero-order valence-electron chi connectivity index (χ0n) is 18.2. The molecule has 0 bridgehead atoms. The molecule has 1 aliphatic rings. The number of guanidine groups is 1. The summed E-state index contributed by atoms with van der Waals surface area (Å²) in [6.07, 6.45) is -1.21. The Morgan fingerprint density at radius 1 is 1.15 bits per heavy atom. The summed E-state index contributed by atoms with van der Waals surface area (Å²) >= 11 is 0. The molecule has 33 heavy (non-hydrogen) atoms. The molecule has 4 N–H and O–H groups in total. The summed E-state index contributed by atoms with van der Waals surface area (Å²) in [6.45, 7) is 2.21. The third-order valence-electron chi connectivity index (χ3n) is 5.48. The number of halogens is 4. The van der Waals surface area contributed by atoms with Gasteiger partial charge in [-0.1, -0.05) is 18.2 Å². The van der Waals surface area contributed by atoms with Gasteiger partial charge in [-0.15, -0.1) is 24.0 Å². The van der Waals surface area contributed by atoms with Crippen LogP contribution in [-0.2, 0) is 24.1 Å². The molecule has 1 fully saturated rings. The normalized spacial score (nSPS) is 15.0. The van der Waals surface area contributed by atoms with Gasteiger partial charge in [0, 0.05) is 50.9 Å². The van der Waals surface area contributed by atoms with Crippen molar-refractivity contribution >= 4 is 41.7 Å². The Bertz CT molecular complexity index is 944. The maximum absolute atomic E-state index is 12.7. The van der Waals surface area contributed by atoms with Crippen LogP contribution in [0.15, 0.2) is 47.6 Å². The van der Waals surface area contributed by atoms with E-state index in [4.69, 9.17) is 5.73 Å². The third-order valence-corrected chi connectivity index (χ3v) is 5.48. The Kier molecular flexibility index (Phi) is 9.74. The third kappa shape index (κ3) is 7.47. The summed E-state index contributed by atoms with van der Waals surface area (Å²) < 4.78 is 38.1. The molecule has 7 nitrogen and oxygen atoms in total. The van der Waals surface area contributed by atoms with E-state index in [0.29, 0.717) is 50.5 Å². The molecule has 0 saturated carbocycles. The number of primary amides is 1. The summed E-state index contributed by atoms with van der Waals surface area (Å²) in [5.74, 6) is 1.02. The van der Waals surface area contributed by atoms with Crippen molar-refractivity contribution in [3.63, 3.8) is 0 Å². The van der Waals surface area contributed by atoms with Gasteiger partial charge in [0.1, 0.15) is 5.82 Å². The second-order valence-electron chi connectivity index (χ2n) is 7.62. The van der Waals surface area contributed by atoms with Gasteiger partial charge >= 0.3 is 6.18 Å². The van der Waals surface area contributed by atoms with E-state index in [1.165, 1.54) is 12.1 Å². The average molecular weight is 576 g/mol. The zero-order chi connectivity index (χ0) is 23.1. The van der Waals surface area contributed by atoms with Crippen molar-refractivity contribution in [1.29, 1.82) is 0 Å². The van der Waals surface area contributed by atoms with Gasteiger partial charge in [-0.25, -0.2) is 4.98 Å². The quantitative estimate of drug-likeness (QED) is 0.279. The molecule has 180 valence electrons. The lowest BCUT2D eigenvalue weighted by Gasteiger charge is -2.32. The fourth-order valence-corrected chi connectivity index (χ4v) is 3.63. The number of pyridine rings is 1. The average Bonchev–Trinajstić information content (AvgIpc) is 2.79. The maximum atomic E-state index is 12.7. The summed E-state index contributed by atoms with van der Waals surface area (Å²) in [5, 5.41) is 6.32. The summed E-state index contributed by atoms with van der Waals surface area (Å²) in [4.78, 5) is 22.2. The second-order valence-corrected chi connectivity index (χ2v) is 7.62. The molecule has 0 unspecified atom stereocenters. The van der Waals surface area contributed by atoms with Crippen LogP contribution in [0, 0.1) is 5.92 Å². The number of benzene rings is 1. The minimum Gasteiger partial charge on any atom is -0.369 e. The highest BCUT2D eigenvalue weighted by molar-refractivity contribution is 14.0. The number of piperidine rings is 1. The molecule has 1 aromatic heterocycles. The van der Waals surface area contributed by atoms with E-state index in [-0.39, 0.29) is 35.8 Å². The van der Waals surface area contributed by atoms with Gasteiger partial charge in [0.2, 0.25) is 5.91 Å². The van der Waals surface area contributed by atoms with Crippen LogP contribution in [-0.4, -0.2) is 37.0 Å². The first-order valence-corrected chi connectivity index (χ1v) is 10.4. The fraction of sp³-hybridized carbons (Fsp3) is 0.409. The SMILES string of the molecule is CN=C(NCc1ccc(C(F)(F)F)cc1)NCc1cccnc1N1CCC(C(N)=O)CC1.I. The summed E-state index contributed by atoms with van der Waals surface area (Å²) in [7, 11) is 1.63. The molecule has 0 aliphatic carbocycles. The topological polar surface area (TPSA) is 95.6 Å². The van der Waals surface area contributed by atoms with Crippen molar-refractivity contribution < 1.29 is 18.0 Å². The van der Waals surface area contributed by atoms with Crippen molar-refractivity contribution in [1.82, 2.24) is 15.6 Å². The van der Waals surface area contributed by atoms with E-state index >= 15 is 0 Å². The Morgan fingerprint density at radius 2 is 1.79 bits per heavy atom. The van der Waals surface area contributed by atoms with E-state index in [2.05, 4.69) is 25.5 Å². The van der Waals surface area contributed by atoms with E-state index < -0.39 is 11.7 Å². The van der Waals surface area contributed by atoms with Crippen LogP contribution in [0.4, 0.5) is 19.0 Å². The van der Waals surface area contributed by atoms with Gasteiger partial charge in [0.15, 0.2) is 5.96 Å². The number of hydrogen-bond acceptors (Lipinski definition) is 4. The van der Waals surface area contributed by atoms with Gasteiger partial charge in [0.05, 0.1) is 5.56 Å². The Morgan fingerprint density at radius 3 is 2.36 bits per heavy atom.